The Morgan fingerprint density at radius 3 is 2.87 bits per heavy atom. The number of nitrogens with zero attached hydrogens (tertiary/aromatic N) is 1. The van der Waals surface area contributed by atoms with Crippen LogP contribution in [-0.4, -0.2) is 30.7 Å². The lowest BCUT2D eigenvalue weighted by molar-refractivity contribution is -0.0295. The highest BCUT2D eigenvalue weighted by atomic mass is 16.5. The van der Waals surface area contributed by atoms with E-state index in [0.29, 0.717) is 6.10 Å². The molecule has 0 amide bonds. The molecular formula is C13H18NO. The molecule has 1 unspecified atom stereocenters. The second kappa shape index (κ2) is 5.29. The summed E-state index contributed by atoms with van der Waals surface area (Å²) in [5, 5.41) is 0. The lowest BCUT2D eigenvalue weighted by Gasteiger charge is -2.32. The van der Waals surface area contributed by atoms with E-state index in [1.807, 2.05) is 0 Å². The average Bonchev–Trinajstić information content (AvgIpc) is 2.31. The summed E-state index contributed by atoms with van der Waals surface area (Å²) in [7, 11) is 0. The number of hydrogen-bond acceptors (Lipinski definition) is 2. The summed E-state index contributed by atoms with van der Waals surface area (Å²) in [5.74, 6) is 0. The molecule has 1 aliphatic rings. The van der Waals surface area contributed by atoms with Crippen molar-refractivity contribution >= 4 is 0 Å². The molecule has 1 saturated heterocycles. The van der Waals surface area contributed by atoms with Crippen molar-refractivity contribution in [3.8, 4) is 0 Å². The second-order valence-electron chi connectivity index (χ2n) is 4.00. The van der Waals surface area contributed by atoms with Gasteiger partial charge >= 0.3 is 0 Å². The first-order chi connectivity index (χ1) is 7.38. The van der Waals surface area contributed by atoms with Gasteiger partial charge in [0.25, 0.3) is 0 Å². The van der Waals surface area contributed by atoms with Crippen molar-refractivity contribution in [3.63, 3.8) is 0 Å². The molecule has 1 aromatic carbocycles. The highest BCUT2D eigenvalue weighted by molar-refractivity contribution is 5.14. The van der Waals surface area contributed by atoms with Gasteiger partial charge in [0.1, 0.15) is 0 Å². The summed E-state index contributed by atoms with van der Waals surface area (Å²) in [5.41, 5.74) is 1.38. The van der Waals surface area contributed by atoms with Crippen LogP contribution >= 0.6 is 0 Å². The van der Waals surface area contributed by atoms with Crippen LogP contribution in [-0.2, 0) is 11.3 Å². The van der Waals surface area contributed by atoms with Gasteiger partial charge < -0.3 is 4.74 Å². The van der Waals surface area contributed by atoms with Gasteiger partial charge in [0.2, 0.25) is 0 Å². The van der Waals surface area contributed by atoms with E-state index in [1.54, 1.807) is 0 Å². The Bertz CT molecular complexity index is 286. The number of benzene rings is 1. The number of hydrogen-bond donors (Lipinski definition) is 0. The van der Waals surface area contributed by atoms with Crippen molar-refractivity contribution in [2.45, 2.75) is 19.1 Å². The first kappa shape index (κ1) is 10.7. The molecule has 2 nitrogen and oxygen atoms in total. The predicted octanol–water partition coefficient (Wildman–Crippen LogP) is 2.11. The Morgan fingerprint density at radius 2 is 2.13 bits per heavy atom. The molecule has 0 aromatic heterocycles. The minimum absolute atomic E-state index is 0.322. The van der Waals surface area contributed by atoms with Crippen LogP contribution in [0.3, 0.4) is 0 Å². The van der Waals surface area contributed by atoms with Gasteiger partial charge in [-0.1, -0.05) is 37.3 Å². The van der Waals surface area contributed by atoms with E-state index in [4.69, 9.17) is 4.74 Å². The molecule has 0 saturated carbocycles. The largest absolute Gasteiger partial charge is 0.376 e. The molecule has 2 heteroatoms. The standard InChI is InChI=1S/C13H18NO/c1-2-13-11-14(8-9-15-13)10-12-6-4-3-5-7-12/h3-7,13H,1-2,8-11H2. The van der Waals surface area contributed by atoms with Crippen LogP contribution in [0.4, 0.5) is 0 Å². The van der Waals surface area contributed by atoms with E-state index in [0.717, 1.165) is 32.7 Å². The maximum atomic E-state index is 5.59. The van der Waals surface area contributed by atoms with Crippen molar-refractivity contribution in [2.24, 2.45) is 0 Å². The van der Waals surface area contributed by atoms with Gasteiger partial charge in [0, 0.05) is 19.6 Å². The molecule has 1 radical (unpaired) electrons. The van der Waals surface area contributed by atoms with Gasteiger partial charge in [-0.2, -0.15) is 0 Å². The lowest BCUT2D eigenvalue weighted by atomic mass is 10.1. The monoisotopic (exact) mass is 204 g/mol. The van der Waals surface area contributed by atoms with E-state index in [2.05, 4.69) is 42.2 Å². The Morgan fingerprint density at radius 1 is 1.33 bits per heavy atom. The van der Waals surface area contributed by atoms with Crippen molar-refractivity contribution < 1.29 is 4.74 Å². The Kier molecular flexibility index (Phi) is 3.75. The van der Waals surface area contributed by atoms with Gasteiger partial charge in [-0.15, -0.1) is 0 Å². The van der Waals surface area contributed by atoms with Gasteiger partial charge in [0.15, 0.2) is 0 Å². The van der Waals surface area contributed by atoms with E-state index in [-0.39, 0.29) is 0 Å². The van der Waals surface area contributed by atoms with Gasteiger partial charge in [-0.05, 0) is 12.0 Å². The summed E-state index contributed by atoms with van der Waals surface area (Å²) >= 11 is 0. The summed E-state index contributed by atoms with van der Waals surface area (Å²) in [6, 6.07) is 10.6. The van der Waals surface area contributed by atoms with E-state index in [9.17, 15) is 0 Å². The maximum absolute atomic E-state index is 5.59. The first-order valence-electron chi connectivity index (χ1n) is 5.55. The molecule has 0 bridgehead atoms. The third kappa shape index (κ3) is 3.05. The summed E-state index contributed by atoms with van der Waals surface area (Å²) in [6.45, 7) is 7.81. The topological polar surface area (TPSA) is 12.5 Å². The average molecular weight is 204 g/mol. The Labute approximate surface area is 91.9 Å². The zero-order chi connectivity index (χ0) is 10.5. The maximum Gasteiger partial charge on any atom is 0.0702 e. The second-order valence-corrected chi connectivity index (χ2v) is 4.00. The highest BCUT2D eigenvalue weighted by Gasteiger charge is 2.18. The quantitative estimate of drug-likeness (QED) is 0.747. The molecule has 15 heavy (non-hydrogen) atoms. The molecule has 1 fully saturated rings. The zero-order valence-corrected chi connectivity index (χ0v) is 9.06. The minimum atomic E-state index is 0.322. The molecule has 1 atom stereocenters. The molecule has 1 aromatic rings. The molecule has 0 N–H and O–H groups in total. The van der Waals surface area contributed by atoms with Gasteiger partial charge in [-0.25, -0.2) is 0 Å². The summed E-state index contributed by atoms with van der Waals surface area (Å²) in [6.07, 6.45) is 1.19. The van der Waals surface area contributed by atoms with Crippen molar-refractivity contribution in [2.75, 3.05) is 19.7 Å². The normalized spacial score (nSPS) is 22.9. The summed E-state index contributed by atoms with van der Waals surface area (Å²) in [4.78, 5) is 2.44. The van der Waals surface area contributed by atoms with Gasteiger partial charge in [-0.3, -0.25) is 4.90 Å². The van der Waals surface area contributed by atoms with E-state index in [1.165, 1.54) is 5.56 Å². The van der Waals surface area contributed by atoms with Crippen LogP contribution in [0.25, 0.3) is 0 Å². The fraction of sp³-hybridized carbons (Fsp3) is 0.462. The van der Waals surface area contributed by atoms with Crippen molar-refractivity contribution in [1.82, 2.24) is 4.90 Å². The molecule has 2 rings (SSSR count). The number of morpholine rings is 1. The fourth-order valence-corrected chi connectivity index (χ4v) is 1.94. The molecule has 81 valence electrons. The van der Waals surface area contributed by atoms with Crippen LogP contribution < -0.4 is 0 Å². The number of ether oxygens (including phenoxy) is 1. The smallest absolute Gasteiger partial charge is 0.0702 e. The lowest BCUT2D eigenvalue weighted by Crippen LogP contribution is -2.41. The highest BCUT2D eigenvalue weighted by Crippen LogP contribution is 2.11. The third-order valence-electron chi connectivity index (χ3n) is 2.79. The van der Waals surface area contributed by atoms with Crippen LogP contribution in [0, 0.1) is 6.92 Å². The van der Waals surface area contributed by atoms with Crippen LogP contribution in [0.5, 0.6) is 0 Å². The van der Waals surface area contributed by atoms with E-state index >= 15 is 0 Å². The van der Waals surface area contributed by atoms with Crippen LogP contribution in [0.15, 0.2) is 30.3 Å². The predicted molar refractivity (Wildman–Crippen MR) is 61.4 cm³/mol. The molecule has 0 spiro atoms. The van der Waals surface area contributed by atoms with Crippen LogP contribution in [0.2, 0.25) is 0 Å². The van der Waals surface area contributed by atoms with Crippen molar-refractivity contribution in [1.29, 1.82) is 0 Å². The van der Waals surface area contributed by atoms with E-state index < -0.39 is 0 Å². The Hall–Kier alpha value is -0.860. The zero-order valence-electron chi connectivity index (χ0n) is 9.06. The third-order valence-corrected chi connectivity index (χ3v) is 2.79. The molecular weight excluding hydrogens is 186 g/mol. The summed E-state index contributed by atoms with van der Waals surface area (Å²) < 4.78 is 5.59. The van der Waals surface area contributed by atoms with Crippen LogP contribution in [0.1, 0.15) is 12.0 Å². The first-order valence-corrected chi connectivity index (χ1v) is 5.55. The van der Waals surface area contributed by atoms with Gasteiger partial charge in [0.05, 0.1) is 12.7 Å². The van der Waals surface area contributed by atoms with Crippen molar-refractivity contribution in [3.05, 3.63) is 42.8 Å². The molecule has 1 aliphatic heterocycles. The SMILES string of the molecule is [CH2]CC1CN(Cc2ccccc2)CCO1. The number of rotatable bonds is 3. The molecule has 0 aliphatic carbocycles. The fourth-order valence-electron chi connectivity index (χ4n) is 1.94. The minimum Gasteiger partial charge on any atom is -0.376 e. The molecule has 1 heterocycles. The Balaban J connectivity index is 1.89.